The van der Waals surface area contributed by atoms with Gasteiger partial charge in [0.15, 0.2) is 0 Å². The standard InChI is InChI=1S/C10H8N8O/c11-8-15-9(18-6-13-5-14-18)17-10(16-8)19-7-2-1-3-12-4-7/h1-6H,(H2,11,15,16,17). The summed E-state index contributed by atoms with van der Waals surface area (Å²) in [4.78, 5) is 19.6. The second-order valence-electron chi connectivity index (χ2n) is 3.41. The summed E-state index contributed by atoms with van der Waals surface area (Å²) in [7, 11) is 0. The van der Waals surface area contributed by atoms with E-state index in [1.807, 2.05) is 0 Å². The summed E-state index contributed by atoms with van der Waals surface area (Å²) in [5.74, 6) is 0.751. The molecule has 0 radical (unpaired) electrons. The summed E-state index contributed by atoms with van der Waals surface area (Å²) in [5, 5.41) is 3.91. The quantitative estimate of drug-likeness (QED) is 0.707. The van der Waals surface area contributed by atoms with E-state index in [1.165, 1.54) is 23.5 Å². The Bertz CT molecular complexity index is 669. The molecule has 9 nitrogen and oxygen atoms in total. The zero-order chi connectivity index (χ0) is 13.1. The number of hydrogen-bond acceptors (Lipinski definition) is 8. The molecular weight excluding hydrogens is 248 g/mol. The van der Waals surface area contributed by atoms with Crippen molar-refractivity contribution in [3.05, 3.63) is 37.2 Å². The molecule has 3 aromatic rings. The number of nitrogen functional groups attached to an aromatic ring is 1. The Morgan fingerprint density at radius 1 is 1.16 bits per heavy atom. The molecule has 9 heteroatoms. The Morgan fingerprint density at radius 2 is 2.11 bits per heavy atom. The van der Waals surface area contributed by atoms with Crippen molar-refractivity contribution >= 4 is 5.95 Å². The summed E-state index contributed by atoms with van der Waals surface area (Å²) >= 11 is 0. The third-order valence-corrected chi connectivity index (χ3v) is 2.09. The van der Waals surface area contributed by atoms with Gasteiger partial charge < -0.3 is 10.5 Å². The van der Waals surface area contributed by atoms with Gasteiger partial charge in [0.2, 0.25) is 5.95 Å². The highest BCUT2D eigenvalue weighted by Gasteiger charge is 2.08. The van der Waals surface area contributed by atoms with Crippen molar-refractivity contribution in [1.29, 1.82) is 0 Å². The normalized spacial score (nSPS) is 10.3. The number of ether oxygens (including phenoxy) is 1. The zero-order valence-corrected chi connectivity index (χ0v) is 9.58. The van der Waals surface area contributed by atoms with E-state index in [9.17, 15) is 0 Å². The topological polar surface area (TPSA) is 118 Å². The number of nitrogens with zero attached hydrogens (tertiary/aromatic N) is 7. The third-order valence-electron chi connectivity index (χ3n) is 2.09. The van der Waals surface area contributed by atoms with E-state index >= 15 is 0 Å². The van der Waals surface area contributed by atoms with E-state index in [0.717, 1.165) is 0 Å². The maximum absolute atomic E-state index is 5.60. The molecule has 0 aliphatic carbocycles. The van der Waals surface area contributed by atoms with Gasteiger partial charge in [0.1, 0.15) is 18.4 Å². The lowest BCUT2D eigenvalue weighted by Gasteiger charge is -2.05. The first-order valence-electron chi connectivity index (χ1n) is 5.26. The van der Waals surface area contributed by atoms with Gasteiger partial charge in [0.25, 0.3) is 5.95 Å². The van der Waals surface area contributed by atoms with Crippen molar-refractivity contribution in [2.75, 3.05) is 5.73 Å². The van der Waals surface area contributed by atoms with Crippen LogP contribution in [0.5, 0.6) is 11.8 Å². The predicted octanol–water partition coefficient (Wildman–Crippen LogP) is 0.222. The van der Waals surface area contributed by atoms with E-state index in [1.54, 1.807) is 18.3 Å². The summed E-state index contributed by atoms with van der Waals surface area (Å²) in [6.07, 6.45) is 5.98. The number of pyridine rings is 1. The van der Waals surface area contributed by atoms with Crippen molar-refractivity contribution in [2.45, 2.75) is 0 Å². The Kier molecular flexibility index (Phi) is 2.69. The Labute approximate surface area is 107 Å². The van der Waals surface area contributed by atoms with Crippen LogP contribution in [0.2, 0.25) is 0 Å². The predicted molar refractivity (Wildman–Crippen MR) is 63.5 cm³/mol. The summed E-state index contributed by atoms with van der Waals surface area (Å²) in [5.41, 5.74) is 5.60. The lowest BCUT2D eigenvalue weighted by molar-refractivity contribution is 0.436. The van der Waals surface area contributed by atoms with E-state index in [-0.39, 0.29) is 17.9 Å². The molecule has 3 aromatic heterocycles. The lowest BCUT2D eigenvalue weighted by atomic mass is 10.5. The smallest absolute Gasteiger partial charge is 0.328 e. The van der Waals surface area contributed by atoms with Crippen LogP contribution >= 0.6 is 0 Å². The van der Waals surface area contributed by atoms with Crippen LogP contribution in [0.15, 0.2) is 37.2 Å². The van der Waals surface area contributed by atoms with Gasteiger partial charge in [-0.05, 0) is 12.1 Å². The fourth-order valence-electron chi connectivity index (χ4n) is 1.33. The van der Waals surface area contributed by atoms with Gasteiger partial charge in [-0.2, -0.15) is 24.7 Å². The highest BCUT2D eigenvalue weighted by Crippen LogP contribution is 2.16. The minimum atomic E-state index is 0.0272. The monoisotopic (exact) mass is 256 g/mol. The van der Waals surface area contributed by atoms with Gasteiger partial charge in [-0.25, -0.2) is 4.98 Å². The molecule has 0 fully saturated rings. The maximum Gasteiger partial charge on any atom is 0.328 e. The summed E-state index contributed by atoms with van der Waals surface area (Å²) in [6.45, 7) is 0. The number of rotatable bonds is 3. The van der Waals surface area contributed by atoms with Crippen LogP contribution < -0.4 is 10.5 Å². The Morgan fingerprint density at radius 3 is 2.84 bits per heavy atom. The van der Waals surface area contributed by atoms with Crippen molar-refractivity contribution < 1.29 is 4.74 Å². The van der Waals surface area contributed by atoms with E-state index < -0.39 is 0 Å². The number of nitrogens with two attached hydrogens (primary N) is 1. The van der Waals surface area contributed by atoms with Gasteiger partial charge in [0, 0.05) is 6.20 Å². The Hall–Kier alpha value is -3.10. The SMILES string of the molecule is Nc1nc(Oc2cccnc2)nc(-n2cncn2)n1. The molecule has 0 bridgehead atoms. The molecule has 0 aromatic carbocycles. The molecular formula is C10H8N8O. The van der Waals surface area contributed by atoms with Crippen molar-refractivity contribution in [3.63, 3.8) is 0 Å². The summed E-state index contributed by atoms with van der Waals surface area (Å²) < 4.78 is 6.79. The molecule has 0 spiro atoms. The molecule has 0 aliphatic rings. The first-order chi connectivity index (χ1) is 9.31. The fourth-order valence-corrected chi connectivity index (χ4v) is 1.33. The molecule has 0 aliphatic heterocycles. The van der Waals surface area contributed by atoms with Gasteiger partial charge in [-0.15, -0.1) is 0 Å². The van der Waals surface area contributed by atoms with E-state index in [4.69, 9.17) is 10.5 Å². The minimum absolute atomic E-state index is 0.0272. The molecule has 3 heterocycles. The maximum atomic E-state index is 5.60. The average molecular weight is 256 g/mol. The average Bonchev–Trinajstić information content (AvgIpc) is 2.93. The van der Waals surface area contributed by atoms with Gasteiger partial charge in [0.05, 0.1) is 6.20 Å². The second kappa shape index (κ2) is 4.64. The van der Waals surface area contributed by atoms with Gasteiger partial charge in [-0.3, -0.25) is 4.98 Å². The molecule has 19 heavy (non-hydrogen) atoms. The van der Waals surface area contributed by atoms with Crippen LogP contribution in [0.1, 0.15) is 0 Å². The Balaban J connectivity index is 1.94. The molecule has 3 rings (SSSR count). The highest BCUT2D eigenvalue weighted by atomic mass is 16.5. The number of anilines is 1. The van der Waals surface area contributed by atoms with Crippen molar-refractivity contribution in [2.24, 2.45) is 0 Å². The highest BCUT2D eigenvalue weighted by molar-refractivity contribution is 5.27. The van der Waals surface area contributed by atoms with E-state index in [2.05, 4.69) is 30.0 Å². The third kappa shape index (κ3) is 2.44. The molecule has 0 unspecified atom stereocenters. The lowest BCUT2D eigenvalue weighted by Crippen LogP contribution is -2.07. The largest absolute Gasteiger partial charge is 0.422 e. The van der Waals surface area contributed by atoms with Crippen molar-refractivity contribution in [1.82, 2.24) is 34.7 Å². The van der Waals surface area contributed by atoms with Gasteiger partial charge >= 0.3 is 6.01 Å². The molecule has 0 saturated carbocycles. The van der Waals surface area contributed by atoms with E-state index in [0.29, 0.717) is 5.75 Å². The molecule has 0 saturated heterocycles. The van der Waals surface area contributed by atoms with Crippen LogP contribution in [0, 0.1) is 0 Å². The van der Waals surface area contributed by atoms with Crippen LogP contribution in [0.3, 0.4) is 0 Å². The fraction of sp³-hybridized carbons (Fsp3) is 0. The second-order valence-corrected chi connectivity index (χ2v) is 3.41. The van der Waals surface area contributed by atoms with Crippen LogP contribution in [-0.4, -0.2) is 34.7 Å². The molecule has 0 amide bonds. The number of hydrogen-bond donors (Lipinski definition) is 1. The van der Waals surface area contributed by atoms with Crippen LogP contribution in [-0.2, 0) is 0 Å². The van der Waals surface area contributed by atoms with Gasteiger partial charge in [-0.1, -0.05) is 0 Å². The first-order valence-corrected chi connectivity index (χ1v) is 5.26. The van der Waals surface area contributed by atoms with Crippen molar-refractivity contribution in [3.8, 4) is 17.7 Å². The van der Waals surface area contributed by atoms with Crippen LogP contribution in [0.4, 0.5) is 5.95 Å². The zero-order valence-electron chi connectivity index (χ0n) is 9.58. The molecule has 2 N–H and O–H groups in total. The molecule has 94 valence electrons. The first kappa shape index (κ1) is 11.0. The molecule has 0 atom stereocenters. The number of aromatic nitrogens is 7. The minimum Gasteiger partial charge on any atom is -0.422 e. The summed E-state index contributed by atoms with van der Waals surface area (Å²) in [6, 6.07) is 3.52. The van der Waals surface area contributed by atoms with Crippen LogP contribution in [0.25, 0.3) is 5.95 Å².